The van der Waals surface area contributed by atoms with Gasteiger partial charge in [-0.05, 0) is 11.1 Å². The van der Waals surface area contributed by atoms with Crippen molar-refractivity contribution in [3.05, 3.63) is 105 Å². The molecular formula is C20H10NO5PW. The molecule has 0 saturated heterocycles. The van der Waals surface area contributed by atoms with E-state index in [0.29, 0.717) is 0 Å². The van der Waals surface area contributed by atoms with Crippen molar-refractivity contribution >= 4 is 18.5 Å². The van der Waals surface area contributed by atoms with Gasteiger partial charge in [-0.2, -0.15) is 5.26 Å². The number of hydrogen-bond acceptors (Lipinski definition) is 1. The maximum Gasteiger partial charge on any atom is 0 e. The van der Waals surface area contributed by atoms with Crippen molar-refractivity contribution in [1.29, 1.82) is 5.26 Å². The van der Waals surface area contributed by atoms with E-state index in [4.69, 9.17) is 23.3 Å². The molecule has 1 heterocycles. The second-order valence-corrected chi connectivity index (χ2v) is 5.63. The van der Waals surface area contributed by atoms with Gasteiger partial charge in [-0.25, -0.2) is 0 Å². The van der Waals surface area contributed by atoms with Crippen LogP contribution in [0.4, 0.5) is 0 Å². The molecule has 136 valence electrons. The zero-order valence-corrected chi connectivity index (χ0v) is 17.9. The van der Waals surface area contributed by atoms with Gasteiger partial charge in [0, 0.05) is 31.7 Å². The summed E-state index contributed by atoms with van der Waals surface area (Å²) in [5.74, 6) is 2.43. The first kappa shape index (κ1) is 33.1. The topological polar surface area (TPSA) is 123 Å². The summed E-state index contributed by atoms with van der Waals surface area (Å²) in [5, 5.41) is 11.7. The van der Waals surface area contributed by atoms with E-state index in [9.17, 15) is 5.26 Å². The van der Waals surface area contributed by atoms with E-state index in [-0.39, 0.29) is 21.1 Å². The Kier molecular flexibility index (Phi) is 29.0. The Morgan fingerprint density at radius 2 is 0.821 bits per heavy atom. The van der Waals surface area contributed by atoms with Crippen LogP contribution in [0.5, 0.6) is 0 Å². The van der Waals surface area contributed by atoms with Crippen LogP contribution in [0, 0.1) is 44.3 Å². The van der Waals surface area contributed by atoms with Gasteiger partial charge in [-0.1, -0.05) is 60.7 Å². The fourth-order valence-corrected chi connectivity index (χ4v) is 3.74. The van der Waals surface area contributed by atoms with E-state index in [1.165, 1.54) is 21.8 Å². The SMILES string of the molecule is N#CP1C(c2ccccc2)=C1c1ccccc1.[C-]#[O+].[C-]#[O+].[C-]#[O+].[C-]#[O+].[C-]#[O+].[W]. The molecule has 0 radical (unpaired) electrons. The predicted molar refractivity (Wildman–Crippen MR) is 91.9 cm³/mol. The van der Waals surface area contributed by atoms with Crippen molar-refractivity contribution in [3.8, 4) is 5.81 Å². The third-order valence-electron chi connectivity index (χ3n) is 2.82. The third kappa shape index (κ3) is 10.6. The summed E-state index contributed by atoms with van der Waals surface area (Å²) in [4.78, 5) is 0. The van der Waals surface area contributed by atoms with Crippen molar-refractivity contribution in [2.45, 2.75) is 0 Å². The van der Waals surface area contributed by atoms with Gasteiger partial charge in [0.05, 0.1) is 13.7 Å². The quantitative estimate of drug-likeness (QED) is 0.304. The Morgan fingerprint density at radius 1 is 0.571 bits per heavy atom. The van der Waals surface area contributed by atoms with Crippen LogP contribution in [-0.4, -0.2) is 0 Å². The van der Waals surface area contributed by atoms with E-state index >= 15 is 0 Å². The number of hydrogen-bond donors (Lipinski definition) is 0. The second kappa shape index (κ2) is 24.5. The molecule has 0 N–H and O–H groups in total. The molecule has 2 aromatic rings. The Hall–Kier alpha value is -2.51. The molecule has 0 aliphatic carbocycles. The Labute approximate surface area is 178 Å². The molecule has 1 aliphatic rings. The molecule has 8 heteroatoms. The van der Waals surface area contributed by atoms with Crippen molar-refractivity contribution in [1.82, 2.24) is 0 Å². The van der Waals surface area contributed by atoms with Gasteiger partial charge in [0.25, 0.3) is 0 Å². The number of rotatable bonds is 2. The summed E-state index contributed by atoms with van der Waals surface area (Å²) >= 11 is 0. The third-order valence-corrected chi connectivity index (χ3v) is 4.65. The fraction of sp³-hybridized carbons (Fsp3) is 0. The molecule has 0 unspecified atom stereocenters. The summed E-state index contributed by atoms with van der Waals surface area (Å²) in [7, 11) is -0.689. The zero-order chi connectivity index (χ0) is 21.7. The smallest absolute Gasteiger partial charge is 0 e. The first-order valence-electron chi connectivity index (χ1n) is 6.49. The van der Waals surface area contributed by atoms with E-state index in [2.05, 4.69) is 63.3 Å². The average molecular weight is 559 g/mol. The van der Waals surface area contributed by atoms with Gasteiger partial charge in [-0.15, -0.1) is 0 Å². The van der Waals surface area contributed by atoms with Gasteiger partial charge < -0.3 is 0 Å². The molecule has 0 amide bonds. The fourth-order valence-electron chi connectivity index (χ4n) is 1.99. The molecule has 0 spiro atoms. The van der Waals surface area contributed by atoms with Gasteiger partial charge in [-0.3, -0.25) is 0 Å². The minimum absolute atomic E-state index is 0. The normalized spacial score (nSPS) is 9.18. The molecule has 0 aromatic heterocycles. The summed E-state index contributed by atoms with van der Waals surface area (Å²) < 4.78 is 37.5. The maximum absolute atomic E-state index is 9.21. The first-order valence-corrected chi connectivity index (χ1v) is 7.83. The Bertz CT molecular complexity index is 750. The summed E-state index contributed by atoms with van der Waals surface area (Å²) in [5.41, 5.74) is 2.39. The molecular weight excluding hydrogens is 549 g/mol. The van der Waals surface area contributed by atoms with E-state index in [1.54, 1.807) is 0 Å². The number of benzene rings is 2. The molecule has 0 fully saturated rings. The minimum Gasteiger partial charge on any atom is 0 e. The first-order chi connectivity index (χ1) is 13.4. The predicted octanol–water partition coefficient (Wildman–Crippen LogP) is 4.30. The minimum atomic E-state index is -0.689. The number of nitriles is 1. The van der Waals surface area contributed by atoms with Gasteiger partial charge in [0.1, 0.15) is 0 Å². The molecule has 3 rings (SSSR count). The van der Waals surface area contributed by atoms with Crippen LogP contribution in [0.2, 0.25) is 0 Å². The van der Waals surface area contributed by atoms with Gasteiger partial charge >= 0.3 is 56.5 Å². The molecule has 6 nitrogen and oxygen atoms in total. The summed E-state index contributed by atoms with van der Waals surface area (Å²) in [6, 6.07) is 20.4. The molecule has 2 aromatic carbocycles. The van der Waals surface area contributed by atoms with E-state index in [1.807, 2.05) is 36.4 Å². The molecule has 28 heavy (non-hydrogen) atoms. The zero-order valence-electron chi connectivity index (χ0n) is 14.1. The molecule has 0 bridgehead atoms. The van der Waals surface area contributed by atoms with Crippen molar-refractivity contribution in [2.24, 2.45) is 0 Å². The maximum atomic E-state index is 9.21. The van der Waals surface area contributed by atoms with E-state index in [0.717, 1.165) is 0 Å². The Morgan fingerprint density at radius 3 is 1.04 bits per heavy atom. The second-order valence-electron chi connectivity index (χ2n) is 3.86. The van der Waals surface area contributed by atoms with Crippen LogP contribution in [0.1, 0.15) is 11.1 Å². The molecule has 0 atom stereocenters. The standard InChI is InChI=1S/C15H10NP.5CO.W/c16-11-17-14(12-7-3-1-4-8-12)15(17)13-9-5-2-6-10-13;5*1-2;/h1-10H;;;;;;. The monoisotopic (exact) mass is 559 g/mol. The van der Waals surface area contributed by atoms with Crippen molar-refractivity contribution in [2.75, 3.05) is 0 Å². The van der Waals surface area contributed by atoms with Gasteiger partial charge in [0.2, 0.25) is 0 Å². The Balaban J connectivity index is -0.000000230. The summed E-state index contributed by atoms with van der Waals surface area (Å²) in [6.45, 7) is 22.5. The van der Waals surface area contributed by atoms with Crippen LogP contribution in [0.25, 0.3) is 10.6 Å². The van der Waals surface area contributed by atoms with Crippen LogP contribution in [0.15, 0.2) is 60.7 Å². The van der Waals surface area contributed by atoms with Gasteiger partial charge in [0.15, 0.2) is 0 Å². The average Bonchev–Trinajstić information content (AvgIpc) is 3.56. The molecule has 0 saturated carbocycles. The van der Waals surface area contributed by atoms with Crippen LogP contribution >= 0.6 is 7.92 Å². The van der Waals surface area contributed by atoms with Crippen molar-refractivity contribution < 1.29 is 44.3 Å². The molecule has 1 aliphatic heterocycles. The summed E-state index contributed by atoms with van der Waals surface area (Å²) in [6.07, 6.45) is 0. The number of nitrogens with zero attached hydrogens (tertiary/aromatic N) is 1. The van der Waals surface area contributed by atoms with Crippen LogP contribution < -0.4 is 0 Å². The van der Waals surface area contributed by atoms with Crippen LogP contribution in [-0.2, 0) is 44.3 Å². The van der Waals surface area contributed by atoms with E-state index < -0.39 is 7.92 Å². The van der Waals surface area contributed by atoms with Crippen LogP contribution in [0.3, 0.4) is 0 Å². The largest absolute Gasteiger partial charge is 0 e. The van der Waals surface area contributed by atoms with Crippen molar-refractivity contribution in [3.63, 3.8) is 0 Å².